The number of hydrogen-bond acceptors (Lipinski definition) is 4. The minimum Gasteiger partial charge on any atom is -0.383 e. The first-order valence-electron chi connectivity index (χ1n) is 6.73. The van der Waals surface area contributed by atoms with E-state index in [9.17, 15) is 0 Å². The van der Waals surface area contributed by atoms with E-state index in [0.29, 0.717) is 5.84 Å². The van der Waals surface area contributed by atoms with Crippen LogP contribution in [0.1, 0.15) is 23.6 Å². The average molecular weight is 266 g/mol. The van der Waals surface area contributed by atoms with Crippen molar-refractivity contribution in [3.05, 3.63) is 65.2 Å². The van der Waals surface area contributed by atoms with E-state index < -0.39 is 5.79 Å². The van der Waals surface area contributed by atoms with Crippen LogP contribution in [0, 0.1) is 0 Å². The van der Waals surface area contributed by atoms with E-state index in [1.54, 1.807) is 0 Å². The highest BCUT2D eigenvalue weighted by Crippen LogP contribution is 2.30. The highest BCUT2D eigenvalue weighted by Gasteiger charge is 2.31. The molecule has 0 aliphatic carbocycles. The van der Waals surface area contributed by atoms with Gasteiger partial charge < -0.3 is 11.1 Å². The Morgan fingerprint density at radius 2 is 1.80 bits per heavy atom. The lowest BCUT2D eigenvalue weighted by atomic mass is 10.0. The summed E-state index contributed by atoms with van der Waals surface area (Å²) in [7, 11) is 0. The van der Waals surface area contributed by atoms with Crippen LogP contribution >= 0.6 is 0 Å². The van der Waals surface area contributed by atoms with Gasteiger partial charge in [-0.2, -0.15) is 0 Å². The molecule has 4 nitrogen and oxygen atoms in total. The predicted molar refractivity (Wildman–Crippen MR) is 82.5 cm³/mol. The second kappa shape index (κ2) is 4.65. The highest BCUT2D eigenvalue weighted by molar-refractivity contribution is 6.04. The molecule has 4 heteroatoms. The quantitative estimate of drug-likeness (QED) is 0.779. The monoisotopic (exact) mass is 266 g/mol. The maximum atomic E-state index is 6.40. The van der Waals surface area contributed by atoms with Crippen molar-refractivity contribution in [1.29, 1.82) is 0 Å². The minimum atomic E-state index is -1.01. The van der Waals surface area contributed by atoms with Crippen molar-refractivity contribution in [2.75, 3.05) is 5.32 Å². The van der Waals surface area contributed by atoms with Gasteiger partial charge in [0.1, 0.15) is 5.84 Å². The van der Waals surface area contributed by atoms with Crippen LogP contribution in [0.2, 0.25) is 0 Å². The van der Waals surface area contributed by atoms with Gasteiger partial charge in [0.15, 0.2) is 0 Å². The van der Waals surface area contributed by atoms with Crippen LogP contribution in [0.15, 0.2) is 53.5 Å². The van der Waals surface area contributed by atoms with Gasteiger partial charge in [-0.05, 0) is 24.1 Å². The highest BCUT2D eigenvalue weighted by atomic mass is 15.3. The second-order valence-electron chi connectivity index (χ2n) is 4.98. The third kappa shape index (κ3) is 2.04. The largest absolute Gasteiger partial charge is 0.383 e. The zero-order chi connectivity index (χ0) is 14.2. The summed E-state index contributed by atoms with van der Waals surface area (Å²) in [6.07, 6.45) is 1.000. The molecule has 1 unspecified atom stereocenters. The van der Waals surface area contributed by atoms with E-state index in [-0.39, 0.29) is 0 Å². The Bertz CT molecular complexity index is 660. The van der Waals surface area contributed by atoms with Crippen molar-refractivity contribution >= 4 is 11.5 Å². The van der Waals surface area contributed by atoms with Crippen LogP contribution < -0.4 is 16.8 Å². The molecule has 3 rings (SSSR count). The van der Waals surface area contributed by atoms with Crippen LogP contribution in [-0.4, -0.2) is 5.84 Å². The number of nitrogens with one attached hydrogen (secondary N) is 1. The fourth-order valence-electron chi connectivity index (χ4n) is 2.43. The van der Waals surface area contributed by atoms with E-state index in [2.05, 4.69) is 29.4 Å². The molecular weight excluding hydrogens is 248 g/mol. The summed E-state index contributed by atoms with van der Waals surface area (Å²) in [6, 6.07) is 15.9. The summed E-state index contributed by atoms with van der Waals surface area (Å²) in [4.78, 5) is 4.44. The summed E-state index contributed by atoms with van der Waals surface area (Å²) in [6.45, 7) is 2.12. The molecule has 102 valence electrons. The fraction of sp³-hybridized carbons (Fsp3) is 0.188. The number of aryl methyl sites for hydroxylation is 1. The van der Waals surface area contributed by atoms with Gasteiger partial charge in [-0.15, -0.1) is 0 Å². The Hall–Kier alpha value is -2.33. The smallest absolute Gasteiger partial charge is 0.211 e. The SMILES string of the molecule is CCc1ccc(C2(N)N=C(N)c3ccccc3N2)cc1. The zero-order valence-corrected chi connectivity index (χ0v) is 11.4. The Morgan fingerprint density at radius 3 is 2.50 bits per heavy atom. The molecule has 5 N–H and O–H groups in total. The molecule has 1 heterocycles. The van der Waals surface area contributed by atoms with Gasteiger partial charge in [0.25, 0.3) is 0 Å². The van der Waals surface area contributed by atoms with E-state index in [0.717, 1.165) is 23.2 Å². The number of amidine groups is 1. The Kier molecular flexibility index (Phi) is 2.95. The Labute approximate surface area is 118 Å². The van der Waals surface area contributed by atoms with Gasteiger partial charge in [0.2, 0.25) is 5.79 Å². The Balaban J connectivity index is 2.03. The maximum Gasteiger partial charge on any atom is 0.211 e. The van der Waals surface area contributed by atoms with Gasteiger partial charge >= 0.3 is 0 Å². The molecular formula is C16H18N4. The predicted octanol–water partition coefficient (Wildman–Crippen LogP) is 2.15. The molecule has 2 aromatic carbocycles. The van der Waals surface area contributed by atoms with Crippen molar-refractivity contribution in [3.63, 3.8) is 0 Å². The number of hydrogen-bond donors (Lipinski definition) is 3. The lowest BCUT2D eigenvalue weighted by Gasteiger charge is -2.33. The van der Waals surface area contributed by atoms with Crippen molar-refractivity contribution in [1.82, 2.24) is 0 Å². The molecule has 1 aliphatic heterocycles. The third-order valence-corrected chi connectivity index (χ3v) is 3.63. The lowest BCUT2D eigenvalue weighted by Crippen LogP contribution is -2.47. The van der Waals surface area contributed by atoms with Crippen molar-refractivity contribution in [3.8, 4) is 0 Å². The van der Waals surface area contributed by atoms with Crippen molar-refractivity contribution < 1.29 is 0 Å². The van der Waals surface area contributed by atoms with Gasteiger partial charge in [-0.3, -0.25) is 5.73 Å². The number of nitrogens with zero attached hydrogens (tertiary/aromatic N) is 1. The van der Waals surface area contributed by atoms with E-state index in [1.807, 2.05) is 36.4 Å². The number of anilines is 1. The van der Waals surface area contributed by atoms with E-state index in [4.69, 9.17) is 11.5 Å². The molecule has 0 radical (unpaired) electrons. The van der Waals surface area contributed by atoms with E-state index in [1.165, 1.54) is 5.56 Å². The molecule has 0 saturated heterocycles. The van der Waals surface area contributed by atoms with Crippen LogP contribution in [0.25, 0.3) is 0 Å². The summed E-state index contributed by atoms with van der Waals surface area (Å²) in [5, 5.41) is 3.27. The van der Waals surface area contributed by atoms with Gasteiger partial charge in [-0.25, -0.2) is 4.99 Å². The topological polar surface area (TPSA) is 76.4 Å². The molecule has 0 fully saturated rings. The first-order chi connectivity index (χ1) is 9.62. The van der Waals surface area contributed by atoms with Crippen LogP contribution in [0.3, 0.4) is 0 Å². The molecule has 2 aromatic rings. The first-order valence-corrected chi connectivity index (χ1v) is 6.73. The molecule has 0 bridgehead atoms. The molecule has 0 aromatic heterocycles. The van der Waals surface area contributed by atoms with Crippen molar-refractivity contribution in [2.24, 2.45) is 16.5 Å². The van der Waals surface area contributed by atoms with Crippen LogP contribution in [0.5, 0.6) is 0 Å². The van der Waals surface area contributed by atoms with Crippen LogP contribution in [0.4, 0.5) is 5.69 Å². The number of rotatable bonds is 2. The van der Waals surface area contributed by atoms with Crippen molar-refractivity contribution in [2.45, 2.75) is 19.1 Å². The molecule has 20 heavy (non-hydrogen) atoms. The summed E-state index contributed by atoms with van der Waals surface area (Å²) >= 11 is 0. The molecule has 0 saturated carbocycles. The normalized spacial score (nSPS) is 20.8. The minimum absolute atomic E-state index is 0.460. The van der Waals surface area contributed by atoms with Crippen LogP contribution in [-0.2, 0) is 12.2 Å². The van der Waals surface area contributed by atoms with Gasteiger partial charge in [-0.1, -0.05) is 43.3 Å². The number of aliphatic imine (C=N–C) groups is 1. The number of nitrogens with two attached hydrogens (primary N) is 2. The molecule has 0 amide bonds. The third-order valence-electron chi connectivity index (χ3n) is 3.63. The van der Waals surface area contributed by atoms with Gasteiger partial charge in [0, 0.05) is 16.8 Å². The summed E-state index contributed by atoms with van der Waals surface area (Å²) in [5.41, 5.74) is 16.4. The number of para-hydroxylation sites is 1. The zero-order valence-electron chi connectivity index (χ0n) is 11.4. The maximum absolute atomic E-state index is 6.40. The standard InChI is InChI=1S/C16H18N4/c1-2-11-7-9-12(10-8-11)16(18)19-14-6-4-3-5-13(14)15(17)20-16/h3-10,19H,2,18H2,1H3,(H2,17,20). The number of fused-ring (bicyclic) bond motifs is 1. The lowest BCUT2D eigenvalue weighted by molar-refractivity contribution is 0.537. The molecule has 1 aliphatic rings. The average Bonchev–Trinajstić information content (AvgIpc) is 2.47. The molecule has 0 spiro atoms. The second-order valence-corrected chi connectivity index (χ2v) is 4.98. The summed E-state index contributed by atoms with van der Waals surface area (Å²) < 4.78 is 0. The first kappa shape index (κ1) is 12.7. The molecule has 1 atom stereocenters. The number of benzene rings is 2. The summed E-state index contributed by atoms with van der Waals surface area (Å²) in [5.74, 6) is -0.550. The fourth-order valence-corrected chi connectivity index (χ4v) is 2.43. The Morgan fingerprint density at radius 1 is 1.10 bits per heavy atom. The van der Waals surface area contributed by atoms with Gasteiger partial charge in [0.05, 0.1) is 0 Å². The van der Waals surface area contributed by atoms with E-state index >= 15 is 0 Å².